The molecule has 5 atom stereocenters. The number of carbonyl (C=O) groups is 2. The molecule has 1 aliphatic carbocycles. The van der Waals surface area contributed by atoms with E-state index < -0.39 is 66.1 Å². The van der Waals surface area contributed by atoms with E-state index in [1.54, 1.807) is 0 Å². The molecule has 3 aromatic rings. The molecule has 0 spiro atoms. The van der Waals surface area contributed by atoms with Crippen molar-refractivity contribution in [1.82, 2.24) is 0 Å². The van der Waals surface area contributed by atoms with Gasteiger partial charge in [-0.25, -0.2) is 4.79 Å². The molecular formula is C31H28O12. The highest BCUT2D eigenvalue weighted by molar-refractivity contribution is 6.14. The minimum absolute atomic E-state index is 0.0215. The Bertz CT molecular complexity index is 1620. The molecule has 0 bridgehead atoms. The zero-order chi connectivity index (χ0) is 31.0. The maximum atomic E-state index is 13.2. The molecule has 8 N–H and O–H groups in total. The molecule has 0 saturated carbocycles. The number of ether oxygens (including phenoxy) is 2. The summed E-state index contributed by atoms with van der Waals surface area (Å²) >= 11 is 0. The number of fused-ring (bicyclic) bond motifs is 1. The van der Waals surface area contributed by atoms with Crippen LogP contribution in [-0.4, -0.2) is 83.6 Å². The smallest absolute Gasteiger partial charge is 0.331 e. The summed E-state index contributed by atoms with van der Waals surface area (Å²) in [7, 11) is 0. The fourth-order valence-corrected chi connectivity index (χ4v) is 5.26. The topological polar surface area (TPSA) is 214 Å². The van der Waals surface area contributed by atoms with E-state index in [2.05, 4.69) is 0 Å². The summed E-state index contributed by atoms with van der Waals surface area (Å²) in [6, 6.07) is 10.7. The van der Waals surface area contributed by atoms with E-state index >= 15 is 0 Å². The number of esters is 1. The summed E-state index contributed by atoms with van der Waals surface area (Å²) in [6.07, 6.45) is -4.57. The first-order chi connectivity index (χ1) is 20.5. The third-order valence-corrected chi connectivity index (χ3v) is 7.41. The minimum Gasteiger partial charge on any atom is -0.508 e. The Morgan fingerprint density at radius 3 is 2.30 bits per heavy atom. The van der Waals surface area contributed by atoms with Crippen LogP contribution in [0, 0.1) is 0 Å². The fourth-order valence-electron chi connectivity index (χ4n) is 5.26. The minimum atomic E-state index is -1.81. The molecule has 0 radical (unpaired) electrons. The number of rotatable bonds is 6. The van der Waals surface area contributed by atoms with Gasteiger partial charge in [0.05, 0.1) is 12.2 Å². The van der Waals surface area contributed by atoms with Gasteiger partial charge in [-0.05, 0) is 65.1 Å². The van der Waals surface area contributed by atoms with E-state index in [4.69, 9.17) is 9.47 Å². The molecule has 12 heteroatoms. The van der Waals surface area contributed by atoms with Gasteiger partial charge in [0.15, 0.2) is 23.4 Å². The molecule has 3 aromatic carbocycles. The number of hydrogen-bond donors (Lipinski definition) is 8. The summed E-state index contributed by atoms with van der Waals surface area (Å²) < 4.78 is 11.4. The van der Waals surface area contributed by atoms with Crippen molar-refractivity contribution in [3.8, 4) is 28.7 Å². The molecule has 2 aliphatic rings. The second-order valence-electron chi connectivity index (χ2n) is 10.2. The fraction of sp³-hybridized carbons (Fsp3) is 0.226. The number of phenolic OH excluding ortho intramolecular Hbond substituents is 5. The van der Waals surface area contributed by atoms with Crippen LogP contribution in [0.5, 0.6) is 28.7 Å². The average Bonchev–Trinajstić information content (AvgIpc) is 2.97. The number of ketones is 1. The lowest BCUT2D eigenvalue weighted by atomic mass is 9.80. The van der Waals surface area contributed by atoms with Crippen molar-refractivity contribution in [2.45, 2.75) is 36.9 Å². The van der Waals surface area contributed by atoms with Crippen LogP contribution in [0.15, 0.2) is 60.7 Å². The van der Waals surface area contributed by atoms with Crippen LogP contribution >= 0.6 is 0 Å². The van der Waals surface area contributed by atoms with E-state index in [1.807, 2.05) is 0 Å². The van der Waals surface area contributed by atoms with Crippen molar-refractivity contribution in [1.29, 1.82) is 0 Å². The van der Waals surface area contributed by atoms with Gasteiger partial charge in [-0.1, -0.05) is 18.2 Å². The normalized spacial score (nSPS) is 23.6. The monoisotopic (exact) mass is 592 g/mol. The summed E-state index contributed by atoms with van der Waals surface area (Å²) in [5.74, 6) is -3.57. The molecule has 1 aliphatic heterocycles. The van der Waals surface area contributed by atoms with Gasteiger partial charge in [0, 0.05) is 17.7 Å². The van der Waals surface area contributed by atoms with Gasteiger partial charge in [-0.2, -0.15) is 0 Å². The molecule has 43 heavy (non-hydrogen) atoms. The van der Waals surface area contributed by atoms with Crippen LogP contribution in [0.3, 0.4) is 0 Å². The lowest BCUT2D eigenvalue weighted by Crippen LogP contribution is -2.56. The number of benzene rings is 3. The Labute approximate surface area is 244 Å². The SMILES string of the molecule is O=C(/C=C/c1ccc(O)cc1)O[C@@H]1[C@@H](O)[C@H](O)[C@@H](CO)O[C@H]1c1c(O)cc(O)c2c1CC(c1ccc(O)c(O)c1)=CC2=O. The van der Waals surface area contributed by atoms with Gasteiger partial charge in [0.25, 0.3) is 0 Å². The Kier molecular flexibility index (Phi) is 8.11. The summed E-state index contributed by atoms with van der Waals surface area (Å²) in [6.45, 7) is -0.756. The van der Waals surface area contributed by atoms with Crippen molar-refractivity contribution in [2.24, 2.45) is 0 Å². The standard InChI is InChI=1S/C31H28O12/c32-13-24-28(40)29(41)31(43-25(39)8-3-14-1-5-17(33)6-2-14)30(42-24)27-18-9-16(15-4-7-19(34)20(35)10-15)11-21(36)26(18)22(37)12-23(27)38/h1-8,10-12,24,28-35,37-38,40-41H,9,13H2/b8-3+/t24-,28-,29+,30+,31-/m1/s1. The summed E-state index contributed by atoms with van der Waals surface area (Å²) in [5.41, 5.74) is 0.938. The molecule has 0 aromatic heterocycles. The number of aliphatic hydroxyl groups is 3. The van der Waals surface area contributed by atoms with Crippen LogP contribution < -0.4 is 0 Å². The zero-order valence-corrected chi connectivity index (χ0v) is 22.4. The Balaban J connectivity index is 1.55. The lowest BCUT2D eigenvalue weighted by Gasteiger charge is -2.42. The quantitative estimate of drug-likeness (QED) is 0.117. The van der Waals surface area contributed by atoms with Crippen molar-refractivity contribution in [2.75, 3.05) is 6.61 Å². The van der Waals surface area contributed by atoms with Gasteiger partial charge in [0.1, 0.15) is 41.7 Å². The number of phenols is 5. The Morgan fingerprint density at radius 1 is 0.907 bits per heavy atom. The predicted octanol–water partition coefficient (Wildman–Crippen LogP) is 1.82. The molecule has 0 unspecified atom stereocenters. The van der Waals surface area contributed by atoms with E-state index in [0.29, 0.717) is 16.7 Å². The largest absolute Gasteiger partial charge is 0.508 e. The van der Waals surface area contributed by atoms with E-state index in [-0.39, 0.29) is 34.6 Å². The van der Waals surface area contributed by atoms with Crippen LogP contribution in [0.25, 0.3) is 11.6 Å². The molecule has 5 rings (SSSR count). The van der Waals surface area contributed by atoms with Crippen molar-refractivity contribution < 1.29 is 59.9 Å². The first-order valence-electron chi connectivity index (χ1n) is 13.1. The summed E-state index contributed by atoms with van der Waals surface area (Å²) in [4.78, 5) is 26.1. The second-order valence-corrected chi connectivity index (χ2v) is 10.2. The van der Waals surface area contributed by atoms with Crippen molar-refractivity contribution in [3.05, 3.63) is 88.5 Å². The molecule has 1 heterocycles. The Hall–Kier alpha value is -4.88. The number of aliphatic hydroxyl groups excluding tert-OH is 3. The van der Waals surface area contributed by atoms with Crippen LogP contribution in [0.1, 0.15) is 38.7 Å². The molecule has 1 saturated heterocycles. The number of allylic oxidation sites excluding steroid dienone is 2. The average molecular weight is 593 g/mol. The van der Waals surface area contributed by atoms with Gasteiger partial charge >= 0.3 is 5.97 Å². The highest BCUT2D eigenvalue weighted by Crippen LogP contribution is 2.46. The number of hydrogen-bond acceptors (Lipinski definition) is 12. The van der Waals surface area contributed by atoms with Crippen LogP contribution in [0.4, 0.5) is 0 Å². The zero-order valence-electron chi connectivity index (χ0n) is 22.4. The van der Waals surface area contributed by atoms with Gasteiger partial charge in [0.2, 0.25) is 0 Å². The highest BCUT2D eigenvalue weighted by Gasteiger charge is 2.49. The van der Waals surface area contributed by atoms with E-state index in [1.165, 1.54) is 54.6 Å². The van der Waals surface area contributed by atoms with Gasteiger partial charge < -0.3 is 50.3 Å². The lowest BCUT2D eigenvalue weighted by molar-refractivity contribution is -0.239. The van der Waals surface area contributed by atoms with Crippen LogP contribution in [0.2, 0.25) is 0 Å². The maximum Gasteiger partial charge on any atom is 0.331 e. The number of carbonyl (C=O) groups excluding carboxylic acids is 2. The number of aromatic hydroxyl groups is 5. The molecule has 224 valence electrons. The van der Waals surface area contributed by atoms with Gasteiger partial charge in [-0.15, -0.1) is 0 Å². The maximum absolute atomic E-state index is 13.2. The third-order valence-electron chi connectivity index (χ3n) is 7.41. The highest BCUT2D eigenvalue weighted by atomic mass is 16.6. The van der Waals surface area contributed by atoms with Gasteiger partial charge in [-0.3, -0.25) is 4.79 Å². The molecule has 0 amide bonds. The van der Waals surface area contributed by atoms with E-state index in [9.17, 15) is 50.4 Å². The second kappa shape index (κ2) is 11.8. The third kappa shape index (κ3) is 5.76. The Morgan fingerprint density at radius 2 is 1.63 bits per heavy atom. The molecular weight excluding hydrogens is 564 g/mol. The predicted molar refractivity (Wildman–Crippen MR) is 149 cm³/mol. The van der Waals surface area contributed by atoms with Crippen LogP contribution in [-0.2, 0) is 20.7 Å². The van der Waals surface area contributed by atoms with E-state index in [0.717, 1.165) is 12.1 Å². The van der Waals surface area contributed by atoms with Crippen molar-refractivity contribution in [3.63, 3.8) is 0 Å². The summed E-state index contributed by atoms with van der Waals surface area (Å²) in [5, 5.41) is 82.2. The molecule has 12 nitrogen and oxygen atoms in total. The first-order valence-corrected chi connectivity index (χ1v) is 13.1. The first kappa shape index (κ1) is 29.6. The molecule has 1 fully saturated rings. The van der Waals surface area contributed by atoms with Crippen molar-refractivity contribution >= 4 is 23.4 Å².